The van der Waals surface area contributed by atoms with Crippen molar-refractivity contribution in [3.8, 4) is 0 Å². The molecule has 1 aromatic rings. The first-order chi connectivity index (χ1) is 8.91. The first-order valence-electron chi connectivity index (χ1n) is 6.39. The highest BCUT2D eigenvalue weighted by atomic mass is 79.9. The van der Waals surface area contributed by atoms with E-state index in [9.17, 15) is 13.2 Å². The molecule has 1 heterocycles. The van der Waals surface area contributed by atoms with E-state index < -0.39 is 11.7 Å². The van der Waals surface area contributed by atoms with Crippen LogP contribution in [0.2, 0.25) is 0 Å². The zero-order valence-corrected chi connectivity index (χ0v) is 14.0. The minimum Gasteiger partial charge on any atom is -0.166 e. The summed E-state index contributed by atoms with van der Waals surface area (Å²) in [5.41, 5.74) is -0.541. The third kappa shape index (κ3) is 2.53. The van der Waals surface area contributed by atoms with Crippen molar-refractivity contribution in [1.82, 2.24) is 0 Å². The van der Waals surface area contributed by atoms with E-state index in [0.29, 0.717) is 5.92 Å². The molecule has 3 unspecified atom stereocenters. The number of fused-ring (bicyclic) bond motifs is 1. The van der Waals surface area contributed by atoms with Gasteiger partial charge in [0.25, 0.3) is 0 Å². The molecule has 0 amide bonds. The van der Waals surface area contributed by atoms with E-state index in [1.54, 1.807) is 0 Å². The Kier molecular flexibility index (Phi) is 3.80. The smallest absolute Gasteiger partial charge is 0.166 e. The number of thiophene rings is 1. The summed E-state index contributed by atoms with van der Waals surface area (Å²) in [5, 5.41) is 1.22. The van der Waals surface area contributed by atoms with Crippen molar-refractivity contribution >= 4 is 43.2 Å². The average molecular weight is 418 g/mol. The molecule has 3 atom stereocenters. The lowest BCUT2D eigenvalue weighted by Crippen LogP contribution is -2.04. The lowest BCUT2D eigenvalue weighted by Gasteiger charge is -2.10. The molecular weight excluding hydrogens is 405 g/mol. The first kappa shape index (κ1) is 14.4. The topological polar surface area (TPSA) is 0 Å². The van der Waals surface area contributed by atoms with E-state index in [1.165, 1.54) is 42.4 Å². The SMILES string of the molecule is FC(F)(F)c1csc(C(Br)C2C3CCCCC32)c1Br. The maximum absolute atomic E-state index is 12.8. The van der Waals surface area contributed by atoms with Crippen molar-refractivity contribution in [3.05, 3.63) is 20.3 Å². The fourth-order valence-electron chi connectivity index (χ4n) is 3.39. The summed E-state index contributed by atoms with van der Waals surface area (Å²) in [7, 11) is 0. The highest BCUT2D eigenvalue weighted by Crippen LogP contribution is 2.64. The predicted molar refractivity (Wildman–Crippen MR) is 77.6 cm³/mol. The highest BCUT2D eigenvalue weighted by Gasteiger charge is 2.54. The van der Waals surface area contributed by atoms with Crippen LogP contribution in [-0.4, -0.2) is 0 Å². The molecule has 3 rings (SSSR count). The maximum atomic E-state index is 12.8. The Morgan fingerprint density at radius 2 is 1.79 bits per heavy atom. The Hall–Kier alpha value is 0.450. The predicted octanol–water partition coefficient (Wildman–Crippen LogP) is 6.40. The quantitative estimate of drug-likeness (QED) is 0.488. The van der Waals surface area contributed by atoms with Gasteiger partial charge in [0.15, 0.2) is 0 Å². The van der Waals surface area contributed by atoms with Crippen LogP contribution in [0, 0.1) is 17.8 Å². The van der Waals surface area contributed by atoms with Crippen molar-refractivity contribution in [2.24, 2.45) is 17.8 Å². The molecule has 1 aromatic heterocycles. The fraction of sp³-hybridized carbons (Fsp3) is 0.692. The van der Waals surface area contributed by atoms with E-state index in [0.717, 1.165) is 16.7 Å². The fourth-order valence-corrected chi connectivity index (χ4v) is 7.05. The minimum absolute atomic E-state index is 0.0658. The van der Waals surface area contributed by atoms with Crippen LogP contribution in [0.25, 0.3) is 0 Å². The van der Waals surface area contributed by atoms with E-state index >= 15 is 0 Å². The molecule has 106 valence electrons. The molecule has 0 nitrogen and oxygen atoms in total. The Balaban J connectivity index is 1.81. The zero-order valence-electron chi connectivity index (χ0n) is 10.0. The molecule has 2 aliphatic rings. The van der Waals surface area contributed by atoms with Gasteiger partial charge in [0.05, 0.1) is 10.4 Å². The number of hydrogen-bond acceptors (Lipinski definition) is 1. The van der Waals surface area contributed by atoms with Crippen molar-refractivity contribution in [2.75, 3.05) is 0 Å². The third-order valence-electron chi connectivity index (χ3n) is 4.37. The third-order valence-corrected chi connectivity index (χ3v) is 7.93. The van der Waals surface area contributed by atoms with E-state index in [2.05, 4.69) is 31.9 Å². The van der Waals surface area contributed by atoms with Crippen molar-refractivity contribution in [2.45, 2.75) is 36.7 Å². The largest absolute Gasteiger partial charge is 0.418 e. The van der Waals surface area contributed by atoms with E-state index in [1.807, 2.05) is 0 Å². The maximum Gasteiger partial charge on any atom is 0.418 e. The van der Waals surface area contributed by atoms with Crippen LogP contribution in [0.15, 0.2) is 9.85 Å². The Morgan fingerprint density at radius 3 is 2.26 bits per heavy atom. The Labute approximate surface area is 131 Å². The molecule has 2 aliphatic carbocycles. The lowest BCUT2D eigenvalue weighted by molar-refractivity contribution is -0.137. The summed E-state index contributed by atoms with van der Waals surface area (Å²) in [5.74, 6) is 1.97. The van der Waals surface area contributed by atoms with Gasteiger partial charge in [-0.05, 0) is 46.5 Å². The van der Waals surface area contributed by atoms with Gasteiger partial charge in [-0.3, -0.25) is 0 Å². The molecule has 0 radical (unpaired) electrons. The summed E-state index contributed by atoms with van der Waals surface area (Å²) in [4.78, 5) is 0.864. The number of halogens is 5. The molecule has 19 heavy (non-hydrogen) atoms. The summed E-state index contributed by atoms with van der Waals surface area (Å²) in [6.45, 7) is 0. The van der Waals surface area contributed by atoms with Gasteiger partial charge >= 0.3 is 6.18 Å². The van der Waals surface area contributed by atoms with Gasteiger partial charge in [-0.2, -0.15) is 13.2 Å². The molecule has 0 aliphatic heterocycles. The summed E-state index contributed by atoms with van der Waals surface area (Å²) in [6.07, 6.45) is 0.767. The van der Waals surface area contributed by atoms with Crippen molar-refractivity contribution in [3.63, 3.8) is 0 Å². The molecule has 0 aromatic carbocycles. The van der Waals surface area contributed by atoms with Crippen LogP contribution in [-0.2, 0) is 6.18 Å². The Morgan fingerprint density at radius 1 is 1.21 bits per heavy atom. The van der Waals surface area contributed by atoms with Gasteiger partial charge in [-0.25, -0.2) is 0 Å². The monoisotopic (exact) mass is 416 g/mol. The van der Waals surface area contributed by atoms with Crippen LogP contribution in [0.1, 0.15) is 41.0 Å². The highest BCUT2D eigenvalue weighted by molar-refractivity contribution is 9.11. The molecule has 0 spiro atoms. The molecular formula is C13H13Br2F3S. The van der Waals surface area contributed by atoms with Gasteiger partial charge in [0.2, 0.25) is 0 Å². The average Bonchev–Trinajstić information content (AvgIpc) is 2.93. The van der Waals surface area contributed by atoms with Gasteiger partial charge < -0.3 is 0 Å². The van der Waals surface area contributed by atoms with Crippen LogP contribution in [0.3, 0.4) is 0 Å². The zero-order chi connectivity index (χ0) is 13.8. The van der Waals surface area contributed by atoms with Gasteiger partial charge in [0.1, 0.15) is 0 Å². The standard InChI is InChI=1S/C13H13Br2F3S/c14-10-8(13(16,17)18)5-19-12(10)11(15)9-6-3-1-2-4-7(6)9/h5-7,9,11H,1-4H2. The first-order valence-corrected chi connectivity index (χ1v) is 8.98. The van der Waals surface area contributed by atoms with Gasteiger partial charge in [-0.15, -0.1) is 11.3 Å². The van der Waals surface area contributed by atoms with Crippen LogP contribution in [0.4, 0.5) is 13.2 Å². The number of rotatable bonds is 2. The van der Waals surface area contributed by atoms with E-state index in [4.69, 9.17) is 0 Å². The van der Waals surface area contributed by atoms with Gasteiger partial charge in [-0.1, -0.05) is 28.8 Å². The molecule has 0 saturated heterocycles. The summed E-state index contributed by atoms with van der Waals surface area (Å²) in [6, 6.07) is 0. The summed E-state index contributed by atoms with van der Waals surface area (Å²) >= 11 is 8.00. The Bertz CT molecular complexity index is 471. The second kappa shape index (κ2) is 5.02. The number of alkyl halides is 4. The number of hydrogen-bond donors (Lipinski definition) is 0. The van der Waals surface area contributed by atoms with Crippen molar-refractivity contribution < 1.29 is 13.2 Å². The molecule has 2 fully saturated rings. The second-order valence-electron chi connectivity index (χ2n) is 5.42. The molecule has 0 N–H and O–H groups in total. The van der Waals surface area contributed by atoms with Crippen LogP contribution >= 0.6 is 43.2 Å². The van der Waals surface area contributed by atoms with Gasteiger partial charge in [0, 0.05) is 14.7 Å². The molecule has 2 saturated carbocycles. The van der Waals surface area contributed by atoms with E-state index in [-0.39, 0.29) is 9.30 Å². The van der Waals surface area contributed by atoms with Crippen molar-refractivity contribution in [1.29, 1.82) is 0 Å². The van der Waals surface area contributed by atoms with Crippen LogP contribution in [0.5, 0.6) is 0 Å². The second-order valence-corrected chi connectivity index (χ2v) is 8.11. The normalized spacial score (nSPS) is 31.9. The molecule has 6 heteroatoms. The minimum atomic E-state index is -4.27. The van der Waals surface area contributed by atoms with Crippen LogP contribution < -0.4 is 0 Å². The summed E-state index contributed by atoms with van der Waals surface area (Å²) < 4.78 is 38.6. The lowest BCUT2D eigenvalue weighted by atomic mass is 10.0. The molecule has 0 bridgehead atoms.